The van der Waals surface area contributed by atoms with Crippen molar-refractivity contribution in [2.24, 2.45) is 0 Å². The van der Waals surface area contributed by atoms with Crippen LogP contribution in [0.5, 0.6) is 5.75 Å². The van der Waals surface area contributed by atoms with Gasteiger partial charge in [0.25, 0.3) is 5.22 Å². The van der Waals surface area contributed by atoms with E-state index in [-0.39, 0.29) is 11.0 Å². The van der Waals surface area contributed by atoms with Crippen LogP contribution in [0.15, 0.2) is 21.8 Å². The highest BCUT2D eigenvalue weighted by molar-refractivity contribution is 7.99. The molecule has 0 aliphatic rings. The molecule has 0 aliphatic carbocycles. The van der Waals surface area contributed by atoms with Gasteiger partial charge < -0.3 is 14.3 Å². The van der Waals surface area contributed by atoms with Crippen molar-refractivity contribution in [3.05, 3.63) is 34.2 Å². The Morgan fingerprint density at radius 3 is 2.70 bits per heavy atom. The van der Waals surface area contributed by atoms with Crippen molar-refractivity contribution in [3.8, 4) is 5.75 Å². The maximum atomic E-state index is 10.5. The summed E-state index contributed by atoms with van der Waals surface area (Å²) in [7, 11) is 0. The number of halogens is 1. The van der Waals surface area contributed by atoms with Gasteiger partial charge in [-0.25, -0.2) is 0 Å². The van der Waals surface area contributed by atoms with Crippen molar-refractivity contribution in [1.29, 1.82) is 0 Å². The van der Waals surface area contributed by atoms with Gasteiger partial charge in [-0.05, 0) is 43.5 Å². The number of ether oxygens (including phenoxy) is 1. The average Bonchev–Trinajstić information content (AvgIpc) is 2.95. The lowest BCUT2D eigenvalue weighted by Crippen LogP contribution is -2.00. The molecule has 1 heterocycles. The zero-order chi connectivity index (χ0) is 16.8. The second kappa shape index (κ2) is 8.21. The van der Waals surface area contributed by atoms with Crippen LogP contribution in [-0.2, 0) is 11.2 Å². The third-order valence-electron chi connectivity index (χ3n) is 2.98. The summed E-state index contributed by atoms with van der Waals surface area (Å²) in [5, 5.41) is 17.3. The minimum absolute atomic E-state index is 0.0972. The summed E-state index contributed by atoms with van der Waals surface area (Å²) in [6.45, 7) is 4.40. The molecular weight excluding hydrogens is 340 g/mol. The summed E-state index contributed by atoms with van der Waals surface area (Å²) in [4.78, 5) is 10.5. The number of aliphatic carboxylic acids is 1. The van der Waals surface area contributed by atoms with E-state index in [2.05, 4.69) is 10.2 Å². The van der Waals surface area contributed by atoms with Crippen LogP contribution in [0.25, 0.3) is 0 Å². The van der Waals surface area contributed by atoms with E-state index in [0.717, 1.165) is 33.7 Å². The van der Waals surface area contributed by atoms with Gasteiger partial charge in [-0.2, -0.15) is 0 Å². The largest absolute Gasteiger partial charge is 0.494 e. The number of aryl methyl sites for hydroxylation is 3. The molecule has 0 aliphatic heterocycles. The molecular formula is C15H17ClN2O4S. The van der Waals surface area contributed by atoms with E-state index in [4.69, 9.17) is 25.9 Å². The topological polar surface area (TPSA) is 85.5 Å². The van der Waals surface area contributed by atoms with Crippen molar-refractivity contribution in [2.75, 3.05) is 12.4 Å². The van der Waals surface area contributed by atoms with Crippen LogP contribution < -0.4 is 4.74 Å². The van der Waals surface area contributed by atoms with Crippen LogP contribution in [-0.4, -0.2) is 33.6 Å². The summed E-state index contributed by atoms with van der Waals surface area (Å²) < 4.78 is 11.0. The number of carboxylic acid groups (broad SMARTS) is 1. The number of rotatable bonds is 8. The molecule has 1 aromatic carbocycles. The van der Waals surface area contributed by atoms with Crippen LogP contribution in [0, 0.1) is 13.8 Å². The number of benzene rings is 1. The standard InChI is InChI=1S/C15H17ClN2O4S/c1-9-6-11(7-10(2)14(9)16)21-5-3-4-12-17-18-15(22-12)23-8-13(19)20/h6-7H,3-5,8H2,1-2H3,(H,19,20). The van der Waals surface area contributed by atoms with Crippen LogP contribution in [0.1, 0.15) is 23.4 Å². The number of thioether (sulfide) groups is 1. The van der Waals surface area contributed by atoms with Crippen LogP contribution in [0.4, 0.5) is 0 Å². The van der Waals surface area contributed by atoms with Gasteiger partial charge in [-0.3, -0.25) is 4.79 Å². The fraction of sp³-hybridized carbons (Fsp3) is 0.400. The van der Waals surface area contributed by atoms with Crippen molar-refractivity contribution in [2.45, 2.75) is 31.9 Å². The van der Waals surface area contributed by atoms with Crippen molar-refractivity contribution < 1.29 is 19.1 Å². The normalized spacial score (nSPS) is 10.7. The monoisotopic (exact) mass is 356 g/mol. The van der Waals surface area contributed by atoms with Gasteiger partial charge in [0.1, 0.15) is 11.5 Å². The molecule has 2 rings (SSSR count). The predicted molar refractivity (Wildman–Crippen MR) is 87.4 cm³/mol. The molecule has 2 aromatic rings. The van der Waals surface area contributed by atoms with Crippen LogP contribution >= 0.6 is 23.4 Å². The van der Waals surface area contributed by atoms with Gasteiger partial charge in [0, 0.05) is 11.4 Å². The summed E-state index contributed by atoms with van der Waals surface area (Å²) in [6.07, 6.45) is 1.29. The Morgan fingerprint density at radius 2 is 2.04 bits per heavy atom. The Labute approximate surface area is 143 Å². The Balaban J connectivity index is 1.76. The molecule has 0 bridgehead atoms. The van der Waals surface area contributed by atoms with Crippen molar-refractivity contribution in [3.63, 3.8) is 0 Å². The molecule has 0 amide bonds. The van der Waals surface area contributed by atoms with E-state index in [1.807, 2.05) is 26.0 Å². The highest BCUT2D eigenvalue weighted by Gasteiger charge is 2.09. The molecule has 6 nitrogen and oxygen atoms in total. The molecule has 0 spiro atoms. The molecule has 8 heteroatoms. The molecule has 124 valence electrons. The van der Waals surface area contributed by atoms with E-state index in [1.165, 1.54) is 0 Å². The molecule has 0 radical (unpaired) electrons. The summed E-state index contributed by atoms with van der Waals surface area (Å²) in [5.74, 6) is 0.245. The van der Waals surface area contributed by atoms with Gasteiger partial charge >= 0.3 is 5.97 Å². The minimum Gasteiger partial charge on any atom is -0.494 e. The van der Waals surface area contributed by atoms with E-state index in [0.29, 0.717) is 25.3 Å². The lowest BCUT2D eigenvalue weighted by Gasteiger charge is -2.09. The highest BCUT2D eigenvalue weighted by atomic mass is 35.5. The Hall–Kier alpha value is -1.73. The zero-order valence-electron chi connectivity index (χ0n) is 12.8. The van der Waals surface area contributed by atoms with Gasteiger partial charge in [0.2, 0.25) is 5.89 Å². The minimum atomic E-state index is -0.920. The summed E-state index contributed by atoms with van der Waals surface area (Å²) in [5.41, 5.74) is 1.97. The molecule has 0 fully saturated rings. The van der Waals surface area contributed by atoms with Crippen molar-refractivity contribution in [1.82, 2.24) is 10.2 Å². The third-order valence-corrected chi connectivity index (χ3v) is 4.38. The van der Waals surface area contributed by atoms with Gasteiger partial charge in [-0.15, -0.1) is 10.2 Å². The molecule has 0 saturated heterocycles. The van der Waals surface area contributed by atoms with E-state index in [1.54, 1.807) is 0 Å². The first kappa shape index (κ1) is 17.6. The smallest absolute Gasteiger partial charge is 0.314 e. The maximum Gasteiger partial charge on any atom is 0.314 e. The highest BCUT2D eigenvalue weighted by Crippen LogP contribution is 2.26. The zero-order valence-corrected chi connectivity index (χ0v) is 14.4. The first-order valence-corrected chi connectivity index (χ1v) is 8.38. The SMILES string of the molecule is Cc1cc(OCCCc2nnc(SCC(=O)O)o2)cc(C)c1Cl. The quantitative estimate of drug-likeness (QED) is 0.572. The number of carbonyl (C=O) groups is 1. The van der Waals surface area contributed by atoms with E-state index >= 15 is 0 Å². The molecule has 0 saturated carbocycles. The number of nitrogens with zero attached hydrogens (tertiary/aromatic N) is 2. The second-order valence-corrected chi connectivity index (χ2v) is 6.27. The summed E-state index contributed by atoms with van der Waals surface area (Å²) >= 11 is 7.12. The van der Waals surface area contributed by atoms with Crippen LogP contribution in [0.3, 0.4) is 0 Å². The first-order valence-electron chi connectivity index (χ1n) is 7.02. The van der Waals surface area contributed by atoms with Gasteiger partial charge in [0.15, 0.2) is 0 Å². The van der Waals surface area contributed by atoms with E-state index < -0.39 is 5.97 Å². The first-order chi connectivity index (χ1) is 11.0. The number of carboxylic acids is 1. The molecule has 23 heavy (non-hydrogen) atoms. The summed E-state index contributed by atoms with van der Waals surface area (Å²) in [6, 6.07) is 3.81. The third kappa shape index (κ3) is 5.44. The predicted octanol–water partition coefficient (Wildman–Crippen LogP) is 3.53. The Bertz CT molecular complexity index is 667. The van der Waals surface area contributed by atoms with E-state index in [9.17, 15) is 4.79 Å². The van der Waals surface area contributed by atoms with Gasteiger partial charge in [0.05, 0.1) is 6.61 Å². The second-order valence-electron chi connectivity index (χ2n) is 4.97. The lowest BCUT2D eigenvalue weighted by atomic mass is 10.1. The molecule has 1 N–H and O–H groups in total. The number of hydrogen-bond donors (Lipinski definition) is 1. The fourth-order valence-corrected chi connectivity index (χ4v) is 2.53. The maximum absolute atomic E-state index is 10.5. The number of hydrogen-bond acceptors (Lipinski definition) is 6. The van der Waals surface area contributed by atoms with Gasteiger partial charge in [-0.1, -0.05) is 23.4 Å². The Kier molecular flexibility index (Phi) is 6.29. The molecule has 0 atom stereocenters. The lowest BCUT2D eigenvalue weighted by molar-refractivity contribution is -0.133. The Morgan fingerprint density at radius 1 is 1.35 bits per heavy atom. The molecule has 0 unspecified atom stereocenters. The average molecular weight is 357 g/mol. The van der Waals surface area contributed by atoms with Crippen LogP contribution in [0.2, 0.25) is 5.02 Å². The number of aromatic nitrogens is 2. The fourth-order valence-electron chi connectivity index (χ4n) is 1.92. The molecule has 1 aromatic heterocycles. The van der Waals surface area contributed by atoms with Crippen molar-refractivity contribution >= 4 is 29.3 Å².